The summed E-state index contributed by atoms with van der Waals surface area (Å²) in [5, 5.41) is 9.48. The van der Waals surface area contributed by atoms with Crippen molar-refractivity contribution in [2.75, 3.05) is 14.2 Å². The first-order valence-electron chi connectivity index (χ1n) is 20.9. The molecule has 342 valence electrons. The number of esters is 4. The average molecular weight is 887 g/mol. The Morgan fingerprint density at radius 3 is 1.17 bits per heavy atom. The number of methoxy groups -OCH3 is 2. The monoisotopic (exact) mass is 886 g/mol. The molecule has 2 atom stereocenters. The SMILES string of the molecule is COC(=O)C(Cc1ccc(O)cc1)OCc1ccc(C(=O)OC(C)(C)C)cc1.COC(=O)C(Cc1ccc(O[Si](C)(C)C(C)(C)C)cc1)OCc1ccc(C(=O)OC(C)(C)C)cc1. The molecule has 4 aromatic rings. The fourth-order valence-corrected chi connectivity index (χ4v) is 6.46. The van der Waals surface area contributed by atoms with E-state index in [9.17, 15) is 24.3 Å². The van der Waals surface area contributed by atoms with Gasteiger partial charge >= 0.3 is 23.9 Å². The predicted octanol–water partition coefficient (Wildman–Crippen LogP) is 9.98. The Morgan fingerprint density at radius 1 is 0.524 bits per heavy atom. The highest BCUT2D eigenvalue weighted by Gasteiger charge is 2.39. The molecule has 0 heterocycles. The van der Waals surface area contributed by atoms with Gasteiger partial charge in [-0.2, -0.15) is 0 Å². The molecule has 4 aromatic carbocycles. The molecule has 0 aromatic heterocycles. The lowest BCUT2D eigenvalue weighted by molar-refractivity contribution is -0.155. The number of benzene rings is 4. The summed E-state index contributed by atoms with van der Waals surface area (Å²) in [6, 6.07) is 28.2. The minimum Gasteiger partial charge on any atom is -0.544 e. The van der Waals surface area contributed by atoms with Crippen LogP contribution in [-0.4, -0.2) is 74.9 Å². The third-order valence-corrected chi connectivity index (χ3v) is 14.2. The Hall–Kier alpha value is -5.50. The summed E-state index contributed by atoms with van der Waals surface area (Å²) in [6.45, 7) is 22.4. The lowest BCUT2D eigenvalue weighted by Crippen LogP contribution is -2.43. The van der Waals surface area contributed by atoms with Crippen molar-refractivity contribution in [1.82, 2.24) is 0 Å². The summed E-state index contributed by atoms with van der Waals surface area (Å²) >= 11 is 0. The first kappa shape index (κ1) is 51.8. The second kappa shape index (κ2) is 22.7. The second-order valence-corrected chi connectivity index (χ2v) is 23.3. The number of carbonyl (C=O) groups is 4. The molecular formula is C50H66O12Si. The molecular weight excluding hydrogens is 821 g/mol. The van der Waals surface area contributed by atoms with Gasteiger partial charge in [0.25, 0.3) is 0 Å². The van der Waals surface area contributed by atoms with Crippen molar-refractivity contribution in [3.05, 3.63) is 130 Å². The number of hydrogen-bond donors (Lipinski definition) is 1. The highest BCUT2D eigenvalue weighted by atomic mass is 28.4. The molecule has 0 saturated heterocycles. The van der Waals surface area contributed by atoms with Crippen LogP contribution in [0, 0.1) is 0 Å². The Bertz CT molecular complexity index is 2070. The van der Waals surface area contributed by atoms with E-state index in [4.69, 9.17) is 32.8 Å². The van der Waals surface area contributed by atoms with Gasteiger partial charge in [0, 0.05) is 12.8 Å². The van der Waals surface area contributed by atoms with Crippen molar-refractivity contribution in [2.45, 2.75) is 130 Å². The van der Waals surface area contributed by atoms with E-state index in [2.05, 4.69) is 33.9 Å². The van der Waals surface area contributed by atoms with Gasteiger partial charge in [0.05, 0.1) is 38.6 Å². The topological polar surface area (TPSA) is 153 Å². The van der Waals surface area contributed by atoms with Crippen LogP contribution in [-0.2, 0) is 64.1 Å². The molecule has 63 heavy (non-hydrogen) atoms. The summed E-state index contributed by atoms with van der Waals surface area (Å²) in [4.78, 5) is 48.6. The van der Waals surface area contributed by atoms with E-state index in [1.807, 2.05) is 65.8 Å². The fourth-order valence-electron chi connectivity index (χ4n) is 5.43. The van der Waals surface area contributed by atoms with E-state index >= 15 is 0 Å². The zero-order valence-electron chi connectivity index (χ0n) is 39.2. The molecule has 0 radical (unpaired) electrons. The van der Waals surface area contributed by atoms with Gasteiger partial charge in [-0.15, -0.1) is 0 Å². The van der Waals surface area contributed by atoms with Crippen molar-refractivity contribution < 1.29 is 57.1 Å². The van der Waals surface area contributed by atoms with Gasteiger partial charge in [0.2, 0.25) is 8.32 Å². The Balaban J connectivity index is 0.000000344. The highest BCUT2D eigenvalue weighted by molar-refractivity contribution is 6.74. The zero-order valence-corrected chi connectivity index (χ0v) is 40.2. The van der Waals surface area contributed by atoms with E-state index in [0.717, 1.165) is 28.0 Å². The van der Waals surface area contributed by atoms with Crippen molar-refractivity contribution in [2.24, 2.45) is 0 Å². The van der Waals surface area contributed by atoms with E-state index in [1.165, 1.54) is 14.2 Å². The van der Waals surface area contributed by atoms with Crippen molar-refractivity contribution in [3.8, 4) is 11.5 Å². The van der Waals surface area contributed by atoms with E-state index in [0.29, 0.717) is 24.0 Å². The maximum Gasteiger partial charge on any atom is 0.338 e. The highest BCUT2D eigenvalue weighted by Crippen LogP contribution is 2.37. The van der Waals surface area contributed by atoms with Gasteiger partial charge in [-0.25, -0.2) is 19.2 Å². The Morgan fingerprint density at radius 2 is 0.857 bits per heavy atom. The van der Waals surface area contributed by atoms with E-state index in [-0.39, 0.29) is 35.9 Å². The number of rotatable bonds is 16. The average Bonchev–Trinajstić information content (AvgIpc) is 3.20. The normalized spacial score (nSPS) is 12.8. The number of phenolic OH excluding ortho intramolecular Hbond substituents is 1. The summed E-state index contributed by atoms with van der Waals surface area (Å²) in [5.41, 5.74) is 3.25. The maximum absolute atomic E-state index is 12.4. The standard InChI is InChI=1S/C28H40O6Si.C22H26O6/c1-27(2,3)33-25(29)22-14-10-21(11-15-22)19-32-24(26(30)31-7)18-20-12-16-23(17-13-20)34-35(8,9)28(4,5)6;1-22(2,3)28-20(24)17-9-5-16(6-10-17)14-27-19(21(25)26-4)13-15-7-11-18(23)12-8-15/h10-17,24H,18-19H2,1-9H3;5-12,19,23H,13-14H2,1-4H3. The predicted molar refractivity (Wildman–Crippen MR) is 244 cm³/mol. The molecule has 4 rings (SSSR count). The lowest BCUT2D eigenvalue weighted by atomic mass is 10.1. The van der Waals surface area contributed by atoms with Gasteiger partial charge in [-0.1, -0.05) is 69.3 Å². The molecule has 0 bridgehead atoms. The smallest absolute Gasteiger partial charge is 0.338 e. The number of phenols is 1. The Labute approximate surface area is 374 Å². The van der Waals surface area contributed by atoms with Crippen LogP contribution in [0.15, 0.2) is 97.1 Å². The molecule has 12 nitrogen and oxygen atoms in total. The van der Waals surface area contributed by atoms with E-state index in [1.54, 1.807) is 72.8 Å². The van der Waals surface area contributed by atoms with Crippen LogP contribution in [0.2, 0.25) is 18.1 Å². The summed E-state index contributed by atoms with van der Waals surface area (Å²) in [6.07, 6.45) is -0.829. The number of ether oxygens (including phenoxy) is 6. The van der Waals surface area contributed by atoms with Crippen molar-refractivity contribution >= 4 is 32.2 Å². The molecule has 0 amide bonds. The van der Waals surface area contributed by atoms with Crippen LogP contribution in [0.3, 0.4) is 0 Å². The summed E-state index contributed by atoms with van der Waals surface area (Å²) in [7, 11) is 0.742. The van der Waals surface area contributed by atoms with Gasteiger partial charge in [-0.05, 0) is 130 Å². The van der Waals surface area contributed by atoms with Crippen LogP contribution in [0.4, 0.5) is 0 Å². The van der Waals surface area contributed by atoms with Crippen LogP contribution < -0.4 is 4.43 Å². The third-order valence-electron chi connectivity index (χ3n) is 9.89. The van der Waals surface area contributed by atoms with Crippen LogP contribution in [0.5, 0.6) is 11.5 Å². The van der Waals surface area contributed by atoms with Crippen LogP contribution >= 0.6 is 0 Å². The van der Waals surface area contributed by atoms with Gasteiger partial charge < -0.3 is 38.0 Å². The largest absolute Gasteiger partial charge is 0.544 e. The van der Waals surface area contributed by atoms with Crippen LogP contribution in [0.25, 0.3) is 0 Å². The third kappa shape index (κ3) is 18.0. The van der Waals surface area contributed by atoms with Gasteiger partial charge in [0.1, 0.15) is 22.7 Å². The summed E-state index contributed by atoms with van der Waals surface area (Å²) in [5.74, 6) is -0.682. The molecule has 1 N–H and O–H groups in total. The minimum absolute atomic E-state index is 0.112. The second-order valence-electron chi connectivity index (χ2n) is 18.6. The van der Waals surface area contributed by atoms with E-state index < -0.39 is 43.7 Å². The molecule has 0 aliphatic rings. The van der Waals surface area contributed by atoms with Crippen molar-refractivity contribution in [1.29, 1.82) is 0 Å². The van der Waals surface area contributed by atoms with Crippen molar-refractivity contribution in [3.63, 3.8) is 0 Å². The first-order chi connectivity index (χ1) is 29.3. The molecule has 0 fully saturated rings. The number of hydrogen-bond acceptors (Lipinski definition) is 12. The maximum atomic E-state index is 12.4. The van der Waals surface area contributed by atoms with Gasteiger partial charge in [0.15, 0.2) is 12.2 Å². The lowest BCUT2D eigenvalue weighted by Gasteiger charge is -2.36. The molecule has 0 spiro atoms. The molecule has 13 heteroatoms. The zero-order chi connectivity index (χ0) is 47.2. The summed E-state index contributed by atoms with van der Waals surface area (Å²) < 4.78 is 38.5. The quantitative estimate of drug-likeness (QED) is 0.0647. The molecule has 0 saturated carbocycles. The molecule has 0 aliphatic heterocycles. The minimum atomic E-state index is -1.92. The van der Waals surface area contributed by atoms with Crippen LogP contribution in [0.1, 0.15) is 105 Å². The number of carbonyl (C=O) groups excluding carboxylic acids is 4. The van der Waals surface area contributed by atoms with Gasteiger partial charge in [-0.3, -0.25) is 0 Å². The fraction of sp³-hybridized carbons (Fsp3) is 0.440. The molecule has 0 aliphatic carbocycles. The number of aromatic hydroxyl groups is 1. The Kier molecular flexibility index (Phi) is 18.7. The first-order valence-corrected chi connectivity index (χ1v) is 23.8. The molecule has 2 unspecified atom stereocenters.